The number of hydrogen-bond donors (Lipinski definition) is 1. The van der Waals surface area contributed by atoms with Gasteiger partial charge in [0.2, 0.25) is 5.91 Å². The van der Waals surface area contributed by atoms with Gasteiger partial charge in [-0.2, -0.15) is 0 Å². The number of ether oxygens (including phenoxy) is 1. The van der Waals surface area contributed by atoms with Gasteiger partial charge in [-0.15, -0.1) is 0 Å². The van der Waals surface area contributed by atoms with Crippen LogP contribution < -0.4 is 5.32 Å². The molecule has 1 aromatic rings. The van der Waals surface area contributed by atoms with E-state index in [0.29, 0.717) is 13.0 Å². The first-order chi connectivity index (χ1) is 13.7. The van der Waals surface area contributed by atoms with E-state index in [1.165, 1.54) is 57.8 Å². The maximum Gasteiger partial charge on any atom is 0.310 e. The highest BCUT2D eigenvalue weighted by Crippen LogP contribution is 2.14. The van der Waals surface area contributed by atoms with Crippen molar-refractivity contribution in [3.05, 3.63) is 29.8 Å². The lowest BCUT2D eigenvalue weighted by molar-refractivity contribution is -0.142. The standard InChI is InChI=1S/C24H39NO3/c1-3-5-6-7-8-9-10-11-12-13-14-15-23(26)25-22-18-16-21(17-19-22)20-24(27)28-4-2/h16-19H,3-15,20H2,1-2H3,(H,25,26). The number of rotatable bonds is 16. The smallest absolute Gasteiger partial charge is 0.310 e. The van der Waals surface area contributed by atoms with E-state index in [0.717, 1.165) is 24.1 Å². The Balaban J connectivity index is 2.05. The number of carbonyl (C=O) groups is 2. The van der Waals surface area contributed by atoms with E-state index in [1.54, 1.807) is 6.92 Å². The van der Waals surface area contributed by atoms with Crippen LogP contribution in [-0.2, 0) is 20.7 Å². The number of carbonyl (C=O) groups excluding carboxylic acids is 2. The molecular weight excluding hydrogens is 350 g/mol. The molecule has 0 aromatic heterocycles. The van der Waals surface area contributed by atoms with Crippen LogP contribution in [-0.4, -0.2) is 18.5 Å². The summed E-state index contributed by atoms with van der Waals surface area (Å²) >= 11 is 0. The average molecular weight is 390 g/mol. The second-order valence-electron chi connectivity index (χ2n) is 7.51. The number of hydrogen-bond acceptors (Lipinski definition) is 3. The van der Waals surface area contributed by atoms with Gasteiger partial charge in [-0.25, -0.2) is 0 Å². The lowest BCUT2D eigenvalue weighted by Crippen LogP contribution is -2.11. The molecule has 0 aliphatic carbocycles. The van der Waals surface area contributed by atoms with Gasteiger partial charge in [0.05, 0.1) is 13.0 Å². The SMILES string of the molecule is CCCCCCCCCCCCCC(=O)Nc1ccc(CC(=O)OCC)cc1. The molecule has 0 atom stereocenters. The molecule has 4 heteroatoms. The molecular formula is C24H39NO3. The molecule has 4 nitrogen and oxygen atoms in total. The molecule has 0 saturated heterocycles. The molecule has 1 rings (SSSR count). The molecule has 0 heterocycles. The Labute approximate surface area is 171 Å². The summed E-state index contributed by atoms with van der Waals surface area (Å²) in [6, 6.07) is 7.39. The van der Waals surface area contributed by atoms with Crippen molar-refractivity contribution in [1.82, 2.24) is 0 Å². The van der Waals surface area contributed by atoms with Gasteiger partial charge < -0.3 is 10.1 Å². The van der Waals surface area contributed by atoms with Crippen LogP contribution in [0.25, 0.3) is 0 Å². The maximum atomic E-state index is 12.0. The number of nitrogens with one attached hydrogen (secondary N) is 1. The van der Waals surface area contributed by atoms with Crippen LogP contribution in [0.2, 0.25) is 0 Å². The van der Waals surface area contributed by atoms with Crippen LogP contribution in [0, 0.1) is 0 Å². The summed E-state index contributed by atoms with van der Waals surface area (Å²) in [5, 5.41) is 2.93. The minimum atomic E-state index is -0.226. The highest BCUT2D eigenvalue weighted by Gasteiger charge is 2.05. The van der Waals surface area contributed by atoms with Crippen molar-refractivity contribution in [2.75, 3.05) is 11.9 Å². The van der Waals surface area contributed by atoms with E-state index < -0.39 is 0 Å². The van der Waals surface area contributed by atoms with E-state index in [4.69, 9.17) is 4.74 Å². The zero-order chi connectivity index (χ0) is 20.5. The number of anilines is 1. The minimum absolute atomic E-state index is 0.0640. The van der Waals surface area contributed by atoms with Crippen molar-refractivity contribution < 1.29 is 14.3 Å². The fourth-order valence-corrected chi connectivity index (χ4v) is 3.26. The molecule has 0 saturated carbocycles. The second kappa shape index (κ2) is 16.1. The number of benzene rings is 1. The van der Waals surface area contributed by atoms with Gasteiger partial charge in [0.25, 0.3) is 0 Å². The van der Waals surface area contributed by atoms with Gasteiger partial charge in [-0.05, 0) is 31.0 Å². The summed E-state index contributed by atoms with van der Waals surface area (Å²) in [5.74, 6) is -0.162. The molecule has 158 valence electrons. The Morgan fingerprint density at radius 2 is 1.32 bits per heavy atom. The molecule has 1 amide bonds. The van der Waals surface area contributed by atoms with Gasteiger partial charge in [0.1, 0.15) is 0 Å². The van der Waals surface area contributed by atoms with Crippen molar-refractivity contribution in [2.45, 2.75) is 97.3 Å². The summed E-state index contributed by atoms with van der Waals surface area (Å²) in [4.78, 5) is 23.5. The third-order valence-electron chi connectivity index (χ3n) is 4.90. The normalized spacial score (nSPS) is 10.6. The first kappa shape index (κ1) is 24.2. The van der Waals surface area contributed by atoms with E-state index in [1.807, 2.05) is 24.3 Å². The molecule has 0 unspecified atom stereocenters. The fourth-order valence-electron chi connectivity index (χ4n) is 3.26. The monoisotopic (exact) mass is 389 g/mol. The van der Waals surface area contributed by atoms with Gasteiger partial charge in [-0.1, -0.05) is 83.3 Å². The van der Waals surface area contributed by atoms with Crippen molar-refractivity contribution in [3.63, 3.8) is 0 Å². The minimum Gasteiger partial charge on any atom is -0.466 e. The Morgan fingerprint density at radius 3 is 1.86 bits per heavy atom. The zero-order valence-electron chi connectivity index (χ0n) is 17.9. The summed E-state index contributed by atoms with van der Waals surface area (Å²) in [5.41, 5.74) is 1.67. The lowest BCUT2D eigenvalue weighted by atomic mass is 10.1. The van der Waals surface area contributed by atoms with Crippen molar-refractivity contribution in [2.24, 2.45) is 0 Å². The number of esters is 1. The lowest BCUT2D eigenvalue weighted by Gasteiger charge is -2.07. The Bertz CT molecular complexity index is 539. The van der Waals surface area contributed by atoms with Gasteiger partial charge in [0, 0.05) is 12.1 Å². The molecule has 0 aliphatic rings. The Hall–Kier alpha value is -1.84. The molecule has 0 bridgehead atoms. The van der Waals surface area contributed by atoms with Crippen molar-refractivity contribution in [3.8, 4) is 0 Å². The van der Waals surface area contributed by atoms with Gasteiger partial charge in [0.15, 0.2) is 0 Å². The van der Waals surface area contributed by atoms with Gasteiger partial charge >= 0.3 is 5.97 Å². The van der Waals surface area contributed by atoms with Crippen LogP contribution in [0.1, 0.15) is 96.5 Å². The molecule has 1 aromatic carbocycles. The Kier molecular flexibility index (Phi) is 14.0. The third-order valence-corrected chi connectivity index (χ3v) is 4.90. The van der Waals surface area contributed by atoms with E-state index in [9.17, 15) is 9.59 Å². The van der Waals surface area contributed by atoms with Crippen LogP contribution in [0.3, 0.4) is 0 Å². The predicted octanol–water partition coefficient (Wildman–Crippen LogP) is 6.43. The predicted molar refractivity (Wildman–Crippen MR) is 116 cm³/mol. The first-order valence-electron chi connectivity index (χ1n) is 11.2. The van der Waals surface area contributed by atoms with Crippen molar-refractivity contribution in [1.29, 1.82) is 0 Å². The highest BCUT2D eigenvalue weighted by molar-refractivity contribution is 5.90. The number of unbranched alkanes of at least 4 members (excludes halogenated alkanes) is 10. The Morgan fingerprint density at radius 1 is 0.786 bits per heavy atom. The molecule has 0 fully saturated rings. The zero-order valence-corrected chi connectivity index (χ0v) is 17.9. The quantitative estimate of drug-likeness (QED) is 0.262. The molecule has 1 N–H and O–H groups in total. The summed E-state index contributed by atoms with van der Waals surface area (Å²) < 4.78 is 4.94. The van der Waals surface area contributed by atoms with Crippen LogP contribution >= 0.6 is 0 Å². The topological polar surface area (TPSA) is 55.4 Å². The van der Waals surface area contributed by atoms with Crippen molar-refractivity contribution >= 4 is 17.6 Å². The van der Waals surface area contributed by atoms with Crippen LogP contribution in [0.4, 0.5) is 5.69 Å². The van der Waals surface area contributed by atoms with Gasteiger partial charge in [-0.3, -0.25) is 9.59 Å². The average Bonchev–Trinajstić information content (AvgIpc) is 2.68. The molecule has 0 radical (unpaired) electrons. The third kappa shape index (κ3) is 12.5. The van der Waals surface area contributed by atoms with Crippen LogP contribution in [0.15, 0.2) is 24.3 Å². The maximum absolute atomic E-state index is 12.0. The van der Waals surface area contributed by atoms with E-state index in [2.05, 4.69) is 12.2 Å². The molecule has 0 aliphatic heterocycles. The second-order valence-corrected chi connectivity index (χ2v) is 7.51. The molecule has 28 heavy (non-hydrogen) atoms. The molecule has 0 spiro atoms. The summed E-state index contributed by atoms with van der Waals surface area (Å²) in [6.07, 6.45) is 15.0. The largest absolute Gasteiger partial charge is 0.466 e. The van der Waals surface area contributed by atoms with E-state index >= 15 is 0 Å². The highest BCUT2D eigenvalue weighted by atomic mass is 16.5. The first-order valence-corrected chi connectivity index (χ1v) is 11.2. The summed E-state index contributed by atoms with van der Waals surface area (Å²) in [6.45, 7) is 4.45. The summed E-state index contributed by atoms with van der Waals surface area (Å²) in [7, 11) is 0. The van der Waals surface area contributed by atoms with Crippen LogP contribution in [0.5, 0.6) is 0 Å². The number of amides is 1. The van der Waals surface area contributed by atoms with E-state index in [-0.39, 0.29) is 18.3 Å². The fraction of sp³-hybridized carbons (Fsp3) is 0.667.